The van der Waals surface area contributed by atoms with E-state index < -0.39 is 20.2 Å². The van der Waals surface area contributed by atoms with Crippen LogP contribution in [0.25, 0.3) is 21.5 Å². The molecule has 4 rings (SSSR count). The number of hydrogen-bond donors (Lipinski definition) is 6. The number of anilines is 2. The molecule has 0 aromatic heterocycles. The van der Waals surface area contributed by atoms with Gasteiger partial charge in [0, 0.05) is 59.1 Å². The molecule has 0 aliphatic rings. The van der Waals surface area contributed by atoms with Crippen LogP contribution in [0.5, 0.6) is 0 Å². The van der Waals surface area contributed by atoms with Gasteiger partial charge >= 0.3 is 19.5 Å². The Balaban J connectivity index is -0.000000164. The first-order valence-corrected chi connectivity index (χ1v) is 13.9. The van der Waals surface area contributed by atoms with Gasteiger partial charge in [0.1, 0.15) is 20.2 Å². The molecule has 0 amide bonds. The zero-order valence-corrected chi connectivity index (χ0v) is 27.9. The second kappa shape index (κ2) is 23.6. The second-order valence-electron chi connectivity index (χ2n) is 7.46. The number of nitrogens with two attached hydrogens (primary N) is 6. The zero-order chi connectivity index (χ0) is 28.9. The van der Waals surface area contributed by atoms with Crippen molar-refractivity contribution in [1.82, 2.24) is 0 Å². The fourth-order valence-electron chi connectivity index (χ4n) is 3.03. The third-order valence-corrected chi connectivity index (χ3v) is 6.50. The van der Waals surface area contributed by atoms with Crippen LogP contribution in [0.3, 0.4) is 0 Å². The Labute approximate surface area is 262 Å². The third kappa shape index (κ3) is 15.4. The monoisotopic (exact) mass is 702 g/mol. The van der Waals surface area contributed by atoms with E-state index in [9.17, 15) is 25.9 Å². The van der Waals surface area contributed by atoms with E-state index in [0.29, 0.717) is 59.1 Å². The van der Waals surface area contributed by atoms with Gasteiger partial charge in [0.05, 0.1) is 9.79 Å². The summed E-state index contributed by atoms with van der Waals surface area (Å²) in [7, 11) is -8.90. The molecule has 0 aliphatic carbocycles. The Kier molecular flexibility index (Phi) is 27.3. The minimum atomic E-state index is -4.45. The molecular weight excluding hydrogens is 662 g/mol. The standard InChI is InChI=1S/2C10H9NO3S.2C2H8N2.4H2O.Zn/c2*11-9-5-6-10(15(12,13)14)8-4-2-1-3-7(8)9;2*3-1-2-4;;;;;/h2*1-6H,11H2,(H,12,13,14);2*1-4H2;4*1H2;/q;;;;;;;;+2. The van der Waals surface area contributed by atoms with Crippen LogP contribution in [-0.4, -0.2) is 63.1 Å². The maximum Gasteiger partial charge on any atom is 2.00 e. The van der Waals surface area contributed by atoms with E-state index in [0.717, 1.165) is 0 Å². The van der Waals surface area contributed by atoms with Gasteiger partial charge in [-0.05, 0) is 24.3 Å². The van der Waals surface area contributed by atoms with Crippen LogP contribution in [0, 0.1) is 0 Å². The molecule has 0 heterocycles. The Morgan fingerprint density at radius 2 is 0.721 bits per heavy atom. The number of rotatable bonds is 4. The van der Waals surface area contributed by atoms with E-state index in [1.807, 2.05) is 0 Å². The van der Waals surface area contributed by atoms with E-state index in [-0.39, 0.29) is 51.2 Å². The average molecular weight is 704 g/mol. The summed E-state index contributed by atoms with van der Waals surface area (Å²) in [6, 6.07) is 18.6. The Hall–Kier alpha value is -2.88. The molecule has 0 spiro atoms. The van der Waals surface area contributed by atoms with Gasteiger partial charge in [0.25, 0.3) is 0 Å². The summed E-state index contributed by atoms with van der Waals surface area (Å²) in [5, 5.41) is 1.89. The molecule has 22 N–H and O–H groups in total. The minimum Gasteiger partial charge on any atom is -0.744 e. The van der Waals surface area contributed by atoms with E-state index in [1.54, 1.807) is 48.5 Å². The summed E-state index contributed by atoms with van der Waals surface area (Å²) in [6.45, 7) is 2.39. The molecule has 0 unspecified atom stereocenters. The van der Waals surface area contributed by atoms with Crippen molar-refractivity contribution < 1.29 is 67.3 Å². The van der Waals surface area contributed by atoms with Crippen molar-refractivity contribution in [3.63, 3.8) is 0 Å². The van der Waals surface area contributed by atoms with E-state index in [2.05, 4.69) is 0 Å². The van der Waals surface area contributed by atoms with Crippen LogP contribution < -0.4 is 34.4 Å². The maximum absolute atomic E-state index is 11.0. The first-order chi connectivity index (χ1) is 17.8. The largest absolute Gasteiger partial charge is 2.00 e. The number of fused-ring (bicyclic) bond motifs is 2. The van der Waals surface area contributed by atoms with E-state index >= 15 is 0 Å². The van der Waals surface area contributed by atoms with Gasteiger partial charge in [-0.25, -0.2) is 16.8 Å². The van der Waals surface area contributed by atoms with Gasteiger partial charge in [0.15, 0.2) is 0 Å². The van der Waals surface area contributed by atoms with Crippen molar-refractivity contribution in [1.29, 1.82) is 0 Å². The van der Waals surface area contributed by atoms with Crippen LogP contribution >= 0.6 is 0 Å². The second-order valence-corrected chi connectivity index (χ2v) is 10.2. The van der Waals surface area contributed by atoms with Gasteiger partial charge < -0.3 is 65.4 Å². The van der Waals surface area contributed by atoms with Crippen molar-refractivity contribution in [3.8, 4) is 0 Å². The number of hydrogen-bond acceptors (Lipinski definition) is 12. The van der Waals surface area contributed by atoms with Crippen molar-refractivity contribution in [3.05, 3.63) is 72.8 Å². The van der Waals surface area contributed by atoms with E-state index in [4.69, 9.17) is 34.4 Å². The number of benzene rings is 4. The molecule has 16 nitrogen and oxygen atoms in total. The fraction of sp³-hybridized carbons (Fsp3) is 0.167. The summed E-state index contributed by atoms with van der Waals surface area (Å²) in [6.07, 6.45) is 0. The molecule has 0 radical (unpaired) electrons. The predicted molar refractivity (Wildman–Crippen MR) is 166 cm³/mol. The molecule has 4 aromatic rings. The fourth-order valence-corrected chi connectivity index (χ4v) is 4.39. The van der Waals surface area contributed by atoms with Gasteiger partial charge in [0.2, 0.25) is 0 Å². The quantitative estimate of drug-likeness (QED) is 0.0535. The minimum absolute atomic E-state index is 0. The molecule has 0 bridgehead atoms. The molecule has 0 atom stereocenters. The Bertz CT molecular complexity index is 1440. The molecule has 43 heavy (non-hydrogen) atoms. The van der Waals surface area contributed by atoms with Crippen molar-refractivity contribution in [2.24, 2.45) is 22.9 Å². The molecule has 240 valence electrons. The van der Waals surface area contributed by atoms with E-state index in [1.165, 1.54) is 24.3 Å². The summed E-state index contributed by atoms with van der Waals surface area (Å²) in [4.78, 5) is -0.459. The number of nitrogen functional groups attached to an aromatic ring is 2. The van der Waals surface area contributed by atoms with Gasteiger partial charge in [-0.15, -0.1) is 0 Å². The van der Waals surface area contributed by atoms with Crippen LogP contribution in [0.1, 0.15) is 0 Å². The normalized spacial score (nSPS) is 9.63. The van der Waals surface area contributed by atoms with Gasteiger partial charge in [-0.2, -0.15) is 0 Å². The first kappa shape index (κ1) is 49.8. The van der Waals surface area contributed by atoms with Crippen LogP contribution in [0.15, 0.2) is 82.6 Å². The summed E-state index contributed by atoms with van der Waals surface area (Å²) >= 11 is 0. The summed E-state index contributed by atoms with van der Waals surface area (Å²) in [5.41, 5.74) is 31.9. The maximum atomic E-state index is 11.0. The molecular formula is C24H42N6O10S2Zn+2. The van der Waals surface area contributed by atoms with Crippen LogP contribution in [0.2, 0.25) is 0 Å². The zero-order valence-electron chi connectivity index (χ0n) is 23.3. The van der Waals surface area contributed by atoms with Crippen molar-refractivity contribution in [2.75, 3.05) is 37.6 Å². The predicted octanol–water partition coefficient (Wildman–Crippen LogP) is -3.04. The molecule has 0 saturated carbocycles. The summed E-state index contributed by atoms with van der Waals surface area (Å²) < 4.78 is 65.8. The summed E-state index contributed by atoms with van der Waals surface area (Å²) in [5.74, 6) is 0. The Morgan fingerprint density at radius 1 is 0.488 bits per heavy atom. The van der Waals surface area contributed by atoms with Crippen LogP contribution in [-0.2, 0) is 50.7 Å². The molecule has 4 aromatic carbocycles. The Morgan fingerprint density at radius 3 is 0.930 bits per heavy atom. The van der Waals surface area contributed by atoms with Crippen LogP contribution in [0.4, 0.5) is 11.4 Å². The third-order valence-electron chi connectivity index (χ3n) is 4.71. The molecule has 19 heteroatoms. The van der Waals surface area contributed by atoms with Gasteiger partial charge in [-0.3, -0.25) is 0 Å². The topological polar surface area (TPSA) is 400 Å². The molecule has 0 fully saturated rings. The molecule has 0 saturated heterocycles. The van der Waals surface area contributed by atoms with Gasteiger partial charge in [-0.1, -0.05) is 48.5 Å². The average Bonchev–Trinajstić information content (AvgIpc) is 2.88. The van der Waals surface area contributed by atoms with Crippen molar-refractivity contribution in [2.45, 2.75) is 9.79 Å². The SMILES string of the molecule is NCCN.NCCN.Nc1ccc(S(=O)(=O)[O-])c2ccccc12.Nc1ccc(S(=O)(=O)[O-])c2ccccc12.O.O.[OH3+].[OH3+].[Zn+2]. The molecule has 0 aliphatic heterocycles. The first-order valence-electron chi connectivity index (χ1n) is 11.1. The van der Waals surface area contributed by atoms with Crippen molar-refractivity contribution >= 4 is 53.2 Å². The smallest absolute Gasteiger partial charge is 0.744 e.